The number of nitrogens with zero attached hydrogens (tertiary/aromatic N) is 1. The van der Waals surface area contributed by atoms with Gasteiger partial charge >= 0.3 is 0 Å². The van der Waals surface area contributed by atoms with Crippen LogP contribution in [0.3, 0.4) is 0 Å². The van der Waals surface area contributed by atoms with Gasteiger partial charge in [-0.05, 0) is 55.8 Å². The second kappa shape index (κ2) is 7.23. The summed E-state index contributed by atoms with van der Waals surface area (Å²) < 4.78 is 18.4. The van der Waals surface area contributed by atoms with E-state index in [1.165, 1.54) is 11.6 Å². The monoisotopic (exact) mass is 287 g/mol. The third-order valence-corrected chi connectivity index (χ3v) is 3.76. The van der Waals surface area contributed by atoms with Crippen LogP contribution >= 0.6 is 0 Å². The standard InChI is InChI=1S/C18H22FNO/c1-14(11-15-7-9-18(21-3)10-8-15)20(2)13-16-5-4-6-17(19)12-16/h4-10,12,14H,11,13H2,1-3H3. The zero-order valence-corrected chi connectivity index (χ0v) is 12.8. The van der Waals surface area contributed by atoms with Crippen molar-refractivity contribution >= 4 is 0 Å². The lowest BCUT2D eigenvalue weighted by molar-refractivity contribution is 0.247. The van der Waals surface area contributed by atoms with Crippen molar-refractivity contribution in [2.45, 2.75) is 25.9 Å². The minimum Gasteiger partial charge on any atom is -0.497 e. The van der Waals surface area contributed by atoms with Gasteiger partial charge in [0.05, 0.1) is 7.11 Å². The van der Waals surface area contributed by atoms with Crippen LogP contribution in [0.5, 0.6) is 5.75 Å². The van der Waals surface area contributed by atoms with Crippen LogP contribution in [0.25, 0.3) is 0 Å². The van der Waals surface area contributed by atoms with E-state index in [4.69, 9.17) is 4.74 Å². The van der Waals surface area contributed by atoms with Crippen molar-refractivity contribution in [1.82, 2.24) is 4.90 Å². The quantitative estimate of drug-likeness (QED) is 0.799. The first-order valence-corrected chi connectivity index (χ1v) is 7.16. The number of hydrogen-bond donors (Lipinski definition) is 0. The highest BCUT2D eigenvalue weighted by Gasteiger charge is 2.11. The maximum absolute atomic E-state index is 13.2. The average Bonchev–Trinajstić information content (AvgIpc) is 2.48. The van der Waals surface area contributed by atoms with Gasteiger partial charge < -0.3 is 4.74 Å². The second-order valence-electron chi connectivity index (χ2n) is 5.45. The summed E-state index contributed by atoms with van der Waals surface area (Å²) in [6.45, 7) is 2.93. The number of hydrogen-bond acceptors (Lipinski definition) is 2. The van der Waals surface area contributed by atoms with Gasteiger partial charge in [-0.1, -0.05) is 24.3 Å². The molecule has 2 nitrogen and oxygen atoms in total. The third-order valence-electron chi connectivity index (χ3n) is 3.76. The summed E-state index contributed by atoms with van der Waals surface area (Å²) in [5.74, 6) is 0.697. The lowest BCUT2D eigenvalue weighted by Crippen LogP contribution is -2.30. The Balaban J connectivity index is 1.93. The van der Waals surface area contributed by atoms with Crippen molar-refractivity contribution in [1.29, 1.82) is 0 Å². The van der Waals surface area contributed by atoms with E-state index in [2.05, 4.69) is 31.0 Å². The van der Waals surface area contributed by atoms with Gasteiger partial charge in [0.2, 0.25) is 0 Å². The smallest absolute Gasteiger partial charge is 0.123 e. The van der Waals surface area contributed by atoms with Gasteiger partial charge in [0.25, 0.3) is 0 Å². The number of halogens is 1. The predicted octanol–water partition coefficient (Wildman–Crippen LogP) is 3.90. The summed E-state index contributed by atoms with van der Waals surface area (Å²) in [5, 5.41) is 0. The van der Waals surface area contributed by atoms with Crippen LogP contribution < -0.4 is 4.74 Å². The van der Waals surface area contributed by atoms with Gasteiger partial charge in [0.1, 0.15) is 11.6 Å². The van der Waals surface area contributed by atoms with Crippen LogP contribution in [0.1, 0.15) is 18.1 Å². The van der Waals surface area contributed by atoms with E-state index in [0.29, 0.717) is 6.04 Å². The van der Waals surface area contributed by atoms with E-state index in [0.717, 1.165) is 24.3 Å². The van der Waals surface area contributed by atoms with Crippen LogP contribution in [0.15, 0.2) is 48.5 Å². The molecular formula is C18H22FNO. The Morgan fingerprint density at radius 3 is 2.43 bits per heavy atom. The summed E-state index contributed by atoms with van der Waals surface area (Å²) in [6.07, 6.45) is 0.954. The predicted molar refractivity (Wildman–Crippen MR) is 84.0 cm³/mol. The lowest BCUT2D eigenvalue weighted by atomic mass is 10.1. The molecule has 3 heteroatoms. The summed E-state index contributed by atoms with van der Waals surface area (Å²) in [4.78, 5) is 2.24. The molecular weight excluding hydrogens is 265 g/mol. The highest BCUT2D eigenvalue weighted by atomic mass is 19.1. The Morgan fingerprint density at radius 1 is 1.10 bits per heavy atom. The average molecular weight is 287 g/mol. The fraction of sp³-hybridized carbons (Fsp3) is 0.333. The van der Waals surface area contributed by atoms with Gasteiger partial charge in [-0.3, -0.25) is 4.90 Å². The number of benzene rings is 2. The SMILES string of the molecule is COc1ccc(CC(C)N(C)Cc2cccc(F)c2)cc1. The minimum atomic E-state index is -0.177. The first kappa shape index (κ1) is 15.5. The van der Waals surface area contributed by atoms with E-state index in [9.17, 15) is 4.39 Å². The molecule has 0 saturated carbocycles. The van der Waals surface area contributed by atoms with Gasteiger partial charge in [0, 0.05) is 12.6 Å². The molecule has 1 atom stereocenters. The summed E-state index contributed by atoms with van der Waals surface area (Å²) in [6, 6.07) is 15.3. The highest BCUT2D eigenvalue weighted by molar-refractivity contribution is 5.27. The van der Waals surface area contributed by atoms with E-state index in [1.807, 2.05) is 18.2 Å². The van der Waals surface area contributed by atoms with E-state index in [1.54, 1.807) is 19.2 Å². The van der Waals surface area contributed by atoms with Gasteiger partial charge in [-0.25, -0.2) is 4.39 Å². The molecule has 2 rings (SSSR count). The lowest BCUT2D eigenvalue weighted by Gasteiger charge is -2.25. The summed E-state index contributed by atoms with van der Waals surface area (Å²) in [7, 11) is 3.74. The molecule has 0 fully saturated rings. The molecule has 0 radical (unpaired) electrons. The summed E-state index contributed by atoms with van der Waals surface area (Å²) >= 11 is 0. The van der Waals surface area contributed by atoms with Crippen molar-refractivity contribution in [3.05, 3.63) is 65.5 Å². The fourth-order valence-electron chi connectivity index (χ4n) is 2.34. The minimum absolute atomic E-state index is 0.177. The van der Waals surface area contributed by atoms with Crippen molar-refractivity contribution in [2.24, 2.45) is 0 Å². The molecule has 0 spiro atoms. The third kappa shape index (κ3) is 4.57. The van der Waals surface area contributed by atoms with E-state index < -0.39 is 0 Å². The molecule has 0 heterocycles. The molecule has 0 amide bonds. The van der Waals surface area contributed by atoms with Gasteiger partial charge in [-0.2, -0.15) is 0 Å². The Kier molecular flexibility index (Phi) is 5.34. The van der Waals surface area contributed by atoms with Crippen LogP contribution in [0.2, 0.25) is 0 Å². The van der Waals surface area contributed by atoms with Crippen LogP contribution in [0, 0.1) is 5.82 Å². The number of likely N-dealkylation sites (N-methyl/N-ethyl adjacent to an activating group) is 1. The van der Waals surface area contributed by atoms with Gasteiger partial charge in [0.15, 0.2) is 0 Å². The molecule has 0 N–H and O–H groups in total. The Morgan fingerprint density at radius 2 is 1.81 bits per heavy atom. The first-order valence-electron chi connectivity index (χ1n) is 7.16. The molecule has 0 aromatic heterocycles. The largest absolute Gasteiger partial charge is 0.497 e. The van der Waals surface area contributed by atoms with Crippen molar-refractivity contribution in [3.8, 4) is 5.75 Å². The molecule has 21 heavy (non-hydrogen) atoms. The van der Waals surface area contributed by atoms with Crippen LogP contribution in [-0.4, -0.2) is 25.1 Å². The molecule has 0 aliphatic heterocycles. The molecule has 1 unspecified atom stereocenters. The summed E-state index contributed by atoms with van der Waals surface area (Å²) in [5.41, 5.74) is 2.27. The molecule has 0 aliphatic rings. The number of rotatable bonds is 6. The van der Waals surface area contributed by atoms with Crippen molar-refractivity contribution in [3.63, 3.8) is 0 Å². The zero-order chi connectivity index (χ0) is 15.2. The molecule has 0 aliphatic carbocycles. The van der Waals surface area contributed by atoms with Crippen molar-refractivity contribution in [2.75, 3.05) is 14.2 Å². The topological polar surface area (TPSA) is 12.5 Å². The Bertz CT molecular complexity index is 568. The van der Waals surface area contributed by atoms with Crippen LogP contribution in [0.4, 0.5) is 4.39 Å². The fourth-order valence-corrected chi connectivity index (χ4v) is 2.34. The Labute approximate surface area is 126 Å². The number of ether oxygens (including phenoxy) is 1. The molecule has 0 bridgehead atoms. The molecule has 2 aromatic rings. The maximum atomic E-state index is 13.2. The maximum Gasteiger partial charge on any atom is 0.123 e. The Hall–Kier alpha value is -1.87. The second-order valence-corrected chi connectivity index (χ2v) is 5.45. The van der Waals surface area contributed by atoms with E-state index >= 15 is 0 Å². The molecule has 0 saturated heterocycles. The molecule has 2 aromatic carbocycles. The molecule has 112 valence electrons. The van der Waals surface area contributed by atoms with E-state index in [-0.39, 0.29) is 5.82 Å². The normalized spacial score (nSPS) is 12.4. The van der Waals surface area contributed by atoms with Crippen molar-refractivity contribution < 1.29 is 9.13 Å². The highest BCUT2D eigenvalue weighted by Crippen LogP contribution is 2.15. The first-order chi connectivity index (χ1) is 10.1. The number of methoxy groups -OCH3 is 1. The van der Waals surface area contributed by atoms with Crippen LogP contribution in [-0.2, 0) is 13.0 Å². The zero-order valence-electron chi connectivity index (χ0n) is 12.8. The van der Waals surface area contributed by atoms with Gasteiger partial charge in [-0.15, -0.1) is 0 Å².